The first-order valence-electron chi connectivity index (χ1n) is 9.78. The molecule has 0 amide bonds. The van der Waals surface area contributed by atoms with Gasteiger partial charge in [0.15, 0.2) is 0 Å². The van der Waals surface area contributed by atoms with Crippen LogP contribution in [-0.2, 0) is 23.7 Å². The molecule has 0 aliphatic rings. The van der Waals surface area contributed by atoms with E-state index in [1.54, 1.807) is 18.4 Å². The summed E-state index contributed by atoms with van der Waals surface area (Å²) in [5.74, 6) is 0. The fourth-order valence-electron chi connectivity index (χ4n) is 2.57. The summed E-state index contributed by atoms with van der Waals surface area (Å²) in [6, 6.07) is 8.11. The molecule has 29 heavy (non-hydrogen) atoms. The van der Waals surface area contributed by atoms with E-state index in [9.17, 15) is 0 Å². The van der Waals surface area contributed by atoms with Gasteiger partial charge >= 0.3 is 0 Å². The van der Waals surface area contributed by atoms with E-state index in [1.165, 1.54) is 10.4 Å². The Morgan fingerprint density at radius 3 is 1.93 bits per heavy atom. The van der Waals surface area contributed by atoms with E-state index in [1.807, 2.05) is 12.4 Å². The van der Waals surface area contributed by atoms with Crippen LogP contribution < -0.4 is 5.73 Å². The van der Waals surface area contributed by atoms with Gasteiger partial charge in [0.25, 0.3) is 0 Å². The van der Waals surface area contributed by atoms with Crippen molar-refractivity contribution >= 4 is 11.3 Å². The third kappa shape index (κ3) is 9.31. The number of methoxy groups -OCH3 is 1. The maximum absolute atomic E-state index is 6.22. The number of aryl methyl sites for hydroxylation is 1. The van der Waals surface area contributed by atoms with Crippen molar-refractivity contribution in [1.82, 2.24) is 4.98 Å². The van der Waals surface area contributed by atoms with Crippen LogP contribution in [0.15, 0.2) is 29.8 Å². The zero-order valence-corrected chi connectivity index (χ0v) is 18.1. The normalized spacial score (nSPS) is 12.4. The van der Waals surface area contributed by atoms with Gasteiger partial charge in [0.2, 0.25) is 0 Å². The van der Waals surface area contributed by atoms with Crippen LogP contribution in [0.5, 0.6) is 0 Å². The number of rotatable bonds is 16. The number of aromatic nitrogens is 1. The molecule has 0 unspecified atom stereocenters. The van der Waals surface area contributed by atoms with Crippen LogP contribution in [0, 0.1) is 6.92 Å². The molecule has 0 aliphatic heterocycles. The smallest absolute Gasteiger partial charge is 0.0801 e. The number of nitrogens with two attached hydrogens (primary N) is 1. The number of benzene rings is 1. The summed E-state index contributed by atoms with van der Waals surface area (Å²) in [6.45, 7) is 6.88. The molecule has 0 spiro atoms. The molecule has 2 N–H and O–H groups in total. The number of ether oxygens (including phenoxy) is 5. The highest BCUT2D eigenvalue weighted by Crippen LogP contribution is 2.27. The molecule has 2 aromatic rings. The van der Waals surface area contributed by atoms with Gasteiger partial charge in [-0.25, -0.2) is 4.98 Å². The molecule has 0 saturated carbocycles. The van der Waals surface area contributed by atoms with Crippen molar-refractivity contribution in [2.75, 3.05) is 66.6 Å². The van der Waals surface area contributed by atoms with Crippen LogP contribution in [0.4, 0.5) is 0 Å². The summed E-state index contributed by atoms with van der Waals surface area (Å²) in [6.07, 6.45) is 0. The van der Waals surface area contributed by atoms with E-state index in [2.05, 4.69) is 29.2 Å². The summed E-state index contributed by atoms with van der Waals surface area (Å²) < 4.78 is 26.7. The molecule has 0 bridgehead atoms. The summed E-state index contributed by atoms with van der Waals surface area (Å²) in [5.41, 5.74) is 11.4. The second-order valence-electron chi connectivity index (χ2n) is 6.40. The lowest BCUT2D eigenvalue weighted by atomic mass is 10.0. The standard InChI is InChI=1S/C21H32N2O5S/c1-17-21(29-16-23-17)19-5-3-18(4-6-19)20(22)15-28-14-13-27-12-11-26-10-9-25-8-7-24-2/h3-6,16,20H,7-15,22H2,1-2H3/t20-/m0/s1. The Kier molecular flexibility index (Phi) is 12.0. The number of hydrogen-bond donors (Lipinski definition) is 1. The molecule has 0 fully saturated rings. The fraction of sp³-hybridized carbons (Fsp3) is 0.571. The molecule has 1 heterocycles. The monoisotopic (exact) mass is 424 g/mol. The van der Waals surface area contributed by atoms with Crippen molar-refractivity contribution < 1.29 is 23.7 Å². The Balaban J connectivity index is 1.49. The number of nitrogens with zero attached hydrogens (tertiary/aromatic N) is 1. The van der Waals surface area contributed by atoms with Crippen molar-refractivity contribution in [2.45, 2.75) is 13.0 Å². The van der Waals surface area contributed by atoms with E-state index >= 15 is 0 Å². The molecule has 1 atom stereocenters. The van der Waals surface area contributed by atoms with E-state index in [0.29, 0.717) is 59.5 Å². The zero-order chi connectivity index (χ0) is 20.7. The fourth-order valence-corrected chi connectivity index (χ4v) is 3.38. The van der Waals surface area contributed by atoms with E-state index in [0.717, 1.165) is 11.3 Å². The Hall–Kier alpha value is -1.39. The van der Waals surface area contributed by atoms with Gasteiger partial charge in [0.05, 0.1) is 81.6 Å². The molecule has 7 nitrogen and oxygen atoms in total. The molecule has 8 heteroatoms. The van der Waals surface area contributed by atoms with Crippen molar-refractivity contribution in [3.8, 4) is 10.4 Å². The third-order valence-corrected chi connectivity index (χ3v) is 5.17. The van der Waals surface area contributed by atoms with E-state index < -0.39 is 0 Å². The lowest BCUT2D eigenvalue weighted by molar-refractivity contribution is -0.00877. The highest BCUT2D eigenvalue weighted by Gasteiger charge is 2.09. The maximum Gasteiger partial charge on any atom is 0.0801 e. The summed E-state index contributed by atoms with van der Waals surface area (Å²) in [4.78, 5) is 5.49. The van der Waals surface area contributed by atoms with Gasteiger partial charge in [0.1, 0.15) is 0 Å². The first-order chi connectivity index (χ1) is 14.2. The molecule has 162 valence electrons. The SMILES string of the molecule is COCCOCCOCCOCCOC[C@H](N)c1ccc(-c2scnc2C)cc1. The molecule has 2 rings (SSSR count). The van der Waals surface area contributed by atoms with E-state index in [-0.39, 0.29) is 6.04 Å². The Labute approximate surface area is 177 Å². The van der Waals surface area contributed by atoms with Gasteiger partial charge < -0.3 is 29.4 Å². The van der Waals surface area contributed by atoms with Gasteiger partial charge in [0, 0.05) is 7.11 Å². The average molecular weight is 425 g/mol. The Bertz CT molecular complexity index is 665. The first-order valence-corrected chi connectivity index (χ1v) is 10.7. The maximum atomic E-state index is 6.22. The Morgan fingerprint density at radius 2 is 1.41 bits per heavy atom. The quantitative estimate of drug-likeness (QED) is 0.415. The van der Waals surface area contributed by atoms with Crippen LogP contribution >= 0.6 is 11.3 Å². The van der Waals surface area contributed by atoms with Crippen LogP contribution in [0.3, 0.4) is 0 Å². The predicted octanol–water partition coefficient (Wildman–Crippen LogP) is 2.83. The third-order valence-electron chi connectivity index (χ3n) is 4.19. The molecular weight excluding hydrogens is 392 g/mol. The Morgan fingerprint density at radius 1 is 0.862 bits per heavy atom. The molecule has 1 aromatic heterocycles. The summed E-state index contributed by atoms with van der Waals surface area (Å²) in [7, 11) is 1.65. The van der Waals surface area contributed by atoms with Crippen LogP contribution in [0.1, 0.15) is 17.3 Å². The van der Waals surface area contributed by atoms with Crippen molar-refractivity contribution in [3.63, 3.8) is 0 Å². The highest BCUT2D eigenvalue weighted by atomic mass is 32.1. The second-order valence-corrected chi connectivity index (χ2v) is 7.25. The average Bonchev–Trinajstić information content (AvgIpc) is 3.17. The predicted molar refractivity (Wildman–Crippen MR) is 114 cm³/mol. The highest BCUT2D eigenvalue weighted by molar-refractivity contribution is 7.13. The number of hydrogen-bond acceptors (Lipinski definition) is 8. The minimum atomic E-state index is -0.159. The van der Waals surface area contributed by atoms with Gasteiger partial charge in [-0.1, -0.05) is 24.3 Å². The van der Waals surface area contributed by atoms with Crippen LogP contribution in [0.2, 0.25) is 0 Å². The lowest BCUT2D eigenvalue weighted by Gasteiger charge is -2.13. The van der Waals surface area contributed by atoms with Crippen LogP contribution in [0.25, 0.3) is 10.4 Å². The number of thiazole rings is 1. The summed E-state index contributed by atoms with van der Waals surface area (Å²) in [5, 5.41) is 0. The largest absolute Gasteiger partial charge is 0.382 e. The van der Waals surface area contributed by atoms with Gasteiger partial charge in [-0.2, -0.15) is 0 Å². The lowest BCUT2D eigenvalue weighted by Crippen LogP contribution is -2.19. The van der Waals surface area contributed by atoms with Crippen LogP contribution in [-0.4, -0.2) is 71.6 Å². The van der Waals surface area contributed by atoms with E-state index in [4.69, 9.17) is 29.4 Å². The van der Waals surface area contributed by atoms with Gasteiger partial charge in [-0.05, 0) is 18.1 Å². The second kappa shape index (κ2) is 14.6. The van der Waals surface area contributed by atoms with Gasteiger partial charge in [-0.3, -0.25) is 0 Å². The first kappa shape index (κ1) is 23.9. The molecular formula is C21H32N2O5S. The molecule has 1 aromatic carbocycles. The minimum absolute atomic E-state index is 0.159. The molecule has 0 radical (unpaired) electrons. The molecule has 0 saturated heterocycles. The molecule has 0 aliphatic carbocycles. The summed E-state index contributed by atoms with van der Waals surface area (Å²) >= 11 is 1.65. The van der Waals surface area contributed by atoms with Crippen molar-refractivity contribution in [1.29, 1.82) is 0 Å². The zero-order valence-electron chi connectivity index (χ0n) is 17.3. The van der Waals surface area contributed by atoms with Crippen molar-refractivity contribution in [2.24, 2.45) is 5.73 Å². The minimum Gasteiger partial charge on any atom is -0.382 e. The van der Waals surface area contributed by atoms with Gasteiger partial charge in [-0.15, -0.1) is 11.3 Å². The van der Waals surface area contributed by atoms with Crippen molar-refractivity contribution in [3.05, 3.63) is 41.0 Å². The topological polar surface area (TPSA) is 85.1 Å².